The van der Waals surface area contributed by atoms with Crippen LogP contribution in [0.5, 0.6) is 0 Å². The molecule has 3 aromatic rings. The number of rotatable bonds is 3. The Balaban J connectivity index is 1.60. The van der Waals surface area contributed by atoms with Crippen molar-refractivity contribution in [3.05, 3.63) is 74.8 Å². The second kappa shape index (κ2) is 7.10. The van der Waals surface area contributed by atoms with Crippen LogP contribution in [0.15, 0.2) is 53.6 Å². The smallest absolute Gasteiger partial charge is 0.293 e. The maximum atomic E-state index is 12.6. The number of piperazine rings is 1. The number of aromatic nitrogens is 2. The van der Waals surface area contributed by atoms with Gasteiger partial charge in [-0.1, -0.05) is 18.2 Å². The Hall–Kier alpha value is -3.75. The molecule has 9 nitrogen and oxygen atoms in total. The van der Waals surface area contributed by atoms with Crippen molar-refractivity contribution < 1.29 is 9.72 Å². The lowest BCUT2D eigenvalue weighted by molar-refractivity contribution is -0.384. The molecule has 0 spiro atoms. The van der Waals surface area contributed by atoms with Gasteiger partial charge in [0, 0.05) is 37.8 Å². The Bertz CT molecular complexity index is 1100. The summed E-state index contributed by atoms with van der Waals surface area (Å²) in [5, 5.41) is 11.7. The van der Waals surface area contributed by atoms with Gasteiger partial charge in [-0.25, -0.2) is 4.98 Å². The predicted octanol–water partition coefficient (Wildman–Crippen LogP) is 1.79. The third-order valence-corrected chi connectivity index (χ3v) is 4.86. The van der Waals surface area contributed by atoms with Gasteiger partial charge in [0.1, 0.15) is 5.69 Å². The van der Waals surface area contributed by atoms with Crippen LogP contribution >= 0.6 is 0 Å². The molecule has 1 aliphatic rings. The van der Waals surface area contributed by atoms with E-state index in [1.807, 2.05) is 23.1 Å². The van der Waals surface area contributed by atoms with Crippen LogP contribution in [0.3, 0.4) is 0 Å². The third-order valence-electron chi connectivity index (χ3n) is 4.86. The fraction of sp³-hybridized carbons (Fsp3) is 0.211. The summed E-state index contributed by atoms with van der Waals surface area (Å²) in [6.07, 6.45) is 1.27. The van der Waals surface area contributed by atoms with E-state index in [0.29, 0.717) is 42.9 Å². The van der Waals surface area contributed by atoms with Gasteiger partial charge in [-0.15, -0.1) is 0 Å². The quantitative estimate of drug-likeness (QED) is 0.548. The Morgan fingerprint density at radius 2 is 1.82 bits per heavy atom. The number of benzene rings is 2. The Morgan fingerprint density at radius 3 is 2.50 bits per heavy atom. The molecule has 0 radical (unpaired) electrons. The molecule has 1 fully saturated rings. The largest absolute Gasteiger partial charge is 0.362 e. The number of anilines is 1. The number of carbonyl (C=O) groups is 1. The lowest BCUT2D eigenvalue weighted by Gasteiger charge is -2.35. The Morgan fingerprint density at radius 1 is 1.11 bits per heavy atom. The molecule has 28 heavy (non-hydrogen) atoms. The van der Waals surface area contributed by atoms with Gasteiger partial charge in [0.2, 0.25) is 0 Å². The van der Waals surface area contributed by atoms with Crippen LogP contribution in [0.2, 0.25) is 0 Å². The van der Waals surface area contributed by atoms with Crippen molar-refractivity contribution in [1.82, 2.24) is 14.9 Å². The van der Waals surface area contributed by atoms with Crippen molar-refractivity contribution in [2.45, 2.75) is 0 Å². The highest BCUT2D eigenvalue weighted by Crippen LogP contribution is 2.32. The molecule has 1 amide bonds. The Kier molecular flexibility index (Phi) is 4.48. The first-order valence-electron chi connectivity index (χ1n) is 8.79. The number of hydrogen-bond donors (Lipinski definition) is 1. The standard InChI is InChI=1S/C19H17N5O4/c25-18-14-10-17(24(27)28)16(11-15(14)20-12-21-18)22-6-8-23(9-7-22)19(26)13-4-2-1-3-5-13/h1-5,10-12H,6-9H2,(H,20,21,25). The zero-order valence-electron chi connectivity index (χ0n) is 14.9. The lowest BCUT2D eigenvalue weighted by atomic mass is 10.1. The van der Waals surface area contributed by atoms with Gasteiger partial charge in [-0.05, 0) is 18.2 Å². The van der Waals surface area contributed by atoms with Crippen LogP contribution < -0.4 is 10.5 Å². The van der Waals surface area contributed by atoms with Crippen LogP contribution in [0.25, 0.3) is 10.9 Å². The summed E-state index contributed by atoms with van der Waals surface area (Å²) in [4.78, 5) is 45.7. The van der Waals surface area contributed by atoms with E-state index < -0.39 is 10.5 Å². The number of carbonyl (C=O) groups excluding carboxylic acids is 1. The molecule has 0 bridgehead atoms. The van der Waals surface area contributed by atoms with E-state index in [-0.39, 0.29) is 17.0 Å². The van der Waals surface area contributed by atoms with Crippen molar-refractivity contribution in [3.63, 3.8) is 0 Å². The van der Waals surface area contributed by atoms with Crippen LogP contribution in [0.1, 0.15) is 10.4 Å². The number of hydrogen-bond acceptors (Lipinski definition) is 6. The normalized spacial score (nSPS) is 14.3. The highest BCUT2D eigenvalue weighted by molar-refractivity contribution is 5.94. The van der Waals surface area contributed by atoms with Gasteiger partial charge in [0.25, 0.3) is 17.2 Å². The van der Waals surface area contributed by atoms with Gasteiger partial charge in [0.05, 0.1) is 22.2 Å². The molecular weight excluding hydrogens is 362 g/mol. The average Bonchev–Trinajstić information content (AvgIpc) is 2.73. The summed E-state index contributed by atoms with van der Waals surface area (Å²) in [5.74, 6) is -0.0542. The van der Waals surface area contributed by atoms with Crippen LogP contribution in [0, 0.1) is 10.1 Å². The first-order valence-corrected chi connectivity index (χ1v) is 8.79. The number of fused-ring (bicyclic) bond motifs is 1. The van der Waals surface area contributed by atoms with Crippen LogP contribution in [-0.4, -0.2) is 51.9 Å². The summed E-state index contributed by atoms with van der Waals surface area (Å²) in [7, 11) is 0. The first-order chi connectivity index (χ1) is 13.5. The second-order valence-corrected chi connectivity index (χ2v) is 6.49. The highest BCUT2D eigenvalue weighted by Gasteiger charge is 2.27. The number of nitrogens with zero attached hydrogens (tertiary/aromatic N) is 4. The molecule has 1 saturated heterocycles. The average molecular weight is 379 g/mol. The fourth-order valence-electron chi connectivity index (χ4n) is 3.41. The number of aromatic amines is 1. The molecule has 1 N–H and O–H groups in total. The third kappa shape index (κ3) is 3.18. The van der Waals surface area contributed by atoms with E-state index in [9.17, 15) is 19.7 Å². The first kappa shape index (κ1) is 17.7. The SMILES string of the molecule is O=C(c1ccccc1)N1CCN(c2cc3nc[nH]c(=O)c3cc2[N+](=O)[O-])CC1. The number of nitro benzene ring substituents is 1. The van der Waals surface area contributed by atoms with Gasteiger partial charge >= 0.3 is 0 Å². The molecule has 4 rings (SSSR count). The summed E-state index contributed by atoms with van der Waals surface area (Å²) in [6, 6.07) is 11.9. The van der Waals surface area contributed by atoms with Crippen molar-refractivity contribution in [2.75, 3.05) is 31.1 Å². The summed E-state index contributed by atoms with van der Waals surface area (Å²) in [5.41, 5.74) is 0.859. The second-order valence-electron chi connectivity index (χ2n) is 6.49. The molecule has 1 aromatic heterocycles. The molecule has 0 unspecified atom stereocenters. The predicted molar refractivity (Wildman–Crippen MR) is 104 cm³/mol. The van der Waals surface area contributed by atoms with Gasteiger partial charge in [-0.2, -0.15) is 0 Å². The van der Waals surface area contributed by atoms with Gasteiger partial charge < -0.3 is 14.8 Å². The summed E-state index contributed by atoms with van der Waals surface area (Å²) in [6.45, 7) is 1.81. The van der Waals surface area contributed by atoms with Crippen molar-refractivity contribution in [2.24, 2.45) is 0 Å². The molecule has 2 aromatic carbocycles. The molecule has 0 saturated carbocycles. The minimum Gasteiger partial charge on any atom is -0.362 e. The topological polar surface area (TPSA) is 112 Å². The number of amides is 1. The molecule has 9 heteroatoms. The minimum atomic E-state index is -0.497. The van der Waals surface area contributed by atoms with E-state index in [4.69, 9.17) is 0 Å². The number of nitrogens with one attached hydrogen (secondary N) is 1. The molecule has 0 atom stereocenters. The highest BCUT2D eigenvalue weighted by atomic mass is 16.6. The maximum absolute atomic E-state index is 12.6. The summed E-state index contributed by atoms with van der Waals surface area (Å²) >= 11 is 0. The van der Waals surface area contributed by atoms with Crippen molar-refractivity contribution in [3.8, 4) is 0 Å². The van der Waals surface area contributed by atoms with Crippen molar-refractivity contribution >= 4 is 28.2 Å². The van der Waals surface area contributed by atoms with E-state index >= 15 is 0 Å². The fourth-order valence-corrected chi connectivity index (χ4v) is 3.41. The zero-order valence-corrected chi connectivity index (χ0v) is 14.9. The lowest BCUT2D eigenvalue weighted by Crippen LogP contribution is -2.49. The van der Waals surface area contributed by atoms with E-state index in [0.717, 1.165) is 0 Å². The molecule has 2 heterocycles. The van der Waals surface area contributed by atoms with E-state index in [1.54, 1.807) is 23.1 Å². The minimum absolute atomic E-state index is 0.0542. The summed E-state index contributed by atoms with van der Waals surface area (Å²) < 4.78 is 0. The Labute approximate surface area is 159 Å². The maximum Gasteiger partial charge on any atom is 0.293 e. The van der Waals surface area contributed by atoms with Gasteiger partial charge in [-0.3, -0.25) is 19.7 Å². The monoisotopic (exact) mass is 379 g/mol. The zero-order chi connectivity index (χ0) is 19.7. The van der Waals surface area contributed by atoms with Gasteiger partial charge in [0.15, 0.2) is 0 Å². The molecule has 1 aliphatic heterocycles. The molecule has 142 valence electrons. The van der Waals surface area contributed by atoms with Crippen LogP contribution in [-0.2, 0) is 0 Å². The molecular formula is C19H17N5O4. The van der Waals surface area contributed by atoms with Crippen molar-refractivity contribution in [1.29, 1.82) is 0 Å². The van der Waals surface area contributed by atoms with E-state index in [2.05, 4.69) is 9.97 Å². The van der Waals surface area contributed by atoms with Crippen LogP contribution in [0.4, 0.5) is 11.4 Å². The van der Waals surface area contributed by atoms with E-state index in [1.165, 1.54) is 12.4 Å². The number of nitro groups is 1. The number of H-pyrrole nitrogens is 1. The molecule has 0 aliphatic carbocycles.